The number of rotatable bonds is 4. The van der Waals surface area contributed by atoms with Crippen LogP contribution in [0, 0.1) is 0 Å². The average Bonchev–Trinajstić information content (AvgIpc) is 2.80. The molecular weight excluding hydrogens is 240 g/mol. The molecule has 0 amide bonds. The van der Waals surface area contributed by atoms with E-state index in [1.54, 1.807) is 13.2 Å². The second kappa shape index (κ2) is 5.26. The Labute approximate surface area is 112 Å². The number of benzene rings is 1. The van der Waals surface area contributed by atoms with E-state index in [0.717, 1.165) is 12.0 Å². The Morgan fingerprint density at radius 1 is 1.37 bits per heavy atom. The molecule has 19 heavy (non-hydrogen) atoms. The third kappa shape index (κ3) is 2.67. The summed E-state index contributed by atoms with van der Waals surface area (Å²) in [5, 5.41) is 8.99. The Morgan fingerprint density at radius 2 is 2.00 bits per heavy atom. The van der Waals surface area contributed by atoms with Crippen molar-refractivity contribution in [3.05, 3.63) is 41.9 Å². The van der Waals surface area contributed by atoms with Crippen molar-refractivity contribution < 1.29 is 9.90 Å². The lowest BCUT2D eigenvalue weighted by molar-refractivity contribution is 0.0680. The number of carbonyl (C=O) groups is 1. The van der Waals surface area contributed by atoms with E-state index >= 15 is 0 Å². The highest BCUT2D eigenvalue weighted by Gasteiger charge is 2.13. The fourth-order valence-corrected chi connectivity index (χ4v) is 2.02. The molecule has 4 heteroatoms. The molecule has 2 rings (SSSR count). The van der Waals surface area contributed by atoms with Crippen molar-refractivity contribution in [1.29, 1.82) is 0 Å². The van der Waals surface area contributed by atoms with Crippen LogP contribution in [0.1, 0.15) is 42.4 Å². The Balaban J connectivity index is 2.32. The number of hydrogen-bond donors (Lipinski definition) is 1. The summed E-state index contributed by atoms with van der Waals surface area (Å²) in [6, 6.07) is 8.15. The van der Waals surface area contributed by atoms with Crippen LogP contribution in [0.2, 0.25) is 0 Å². The van der Waals surface area contributed by atoms with Gasteiger partial charge in [-0.3, -0.25) is 0 Å². The summed E-state index contributed by atoms with van der Waals surface area (Å²) < 4.78 is 1.53. The second-order valence-electron chi connectivity index (χ2n) is 4.80. The fraction of sp³-hybridized carbons (Fsp3) is 0.333. The van der Waals surface area contributed by atoms with Gasteiger partial charge in [0.2, 0.25) is 5.82 Å². The number of hydrogen-bond acceptors (Lipinski definition) is 2. The van der Waals surface area contributed by atoms with E-state index in [0.29, 0.717) is 11.6 Å². The molecule has 2 aromatic rings. The normalized spacial score (nSPS) is 12.4. The van der Waals surface area contributed by atoms with Gasteiger partial charge < -0.3 is 9.67 Å². The van der Waals surface area contributed by atoms with Gasteiger partial charge in [-0.1, -0.05) is 38.1 Å². The molecule has 1 aromatic heterocycles. The molecule has 0 aliphatic heterocycles. The minimum atomic E-state index is -1.01. The summed E-state index contributed by atoms with van der Waals surface area (Å²) in [6.45, 7) is 4.36. The Hall–Kier alpha value is -2.10. The first-order valence-electron chi connectivity index (χ1n) is 6.40. The van der Waals surface area contributed by atoms with Crippen LogP contribution in [0.25, 0.3) is 11.3 Å². The first kappa shape index (κ1) is 13.3. The molecule has 1 aromatic carbocycles. The van der Waals surface area contributed by atoms with Crippen LogP contribution in [0.3, 0.4) is 0 Å². The van der Waals surface area contributed by atoms with Gasteiger partial charge in [-0.15, -0.1) is 0 Å². The monoisotopic (exact) mass is 258 g/mol. The van der Waals surface area contributed by atoms with Gasteiger partial charge in [-0.25, -0.2) is 9.78 Å². The predicted molar refractivity (Wildman–Crippen MR) is 74.3 cm³/mol. The lowest BCUT2D eigenvalue weighted by atomic mass is 9.97. The Morgan fingerprint density at radius 3 is 2.47 bits per heavy atom. The zero-order valence-corrected chi connectivity index (χ0v) is 11.4. The van der Waals surface area contributed by atoms with Crippen LogP contribution in [-0.4, -0.2) is 20.6 Å². The van der Waals surface area contributed by atoms with Crippen molar-refractivity contribution >= 4 is 5.97 Å². The van der Waals surface area contributed by atoms with Crippen LogP contribution in [-0.2, 0) is 7.05 Å². The molecule has 0 saturated heterocycles. The van der Waals surface area contributed by atoms with Gasteiger partial charge >= 0.3 is 5.97 Å². The molecule has 1 heterocycles. The largest absolute Gasteiger partial charge is 0.475 e. The van der Waals surface area contributed by atoms with Gasteiger partial charge in [0.05, 0.1) is 5.69 Å². The first-order valence-corrected chi connectivity index (χ1v) is 6.40. The van der Waals surface area contributed by atoms with E-state index < -0.39 is 5.97 Å². The molecular formula is C15H18N2O2. The van der Waals surface area contributed by atoms with E-state index in [1.807, 2.05) is 12.1 Å². The zero-order valence-electron chi connectivity index (χ0n) is 11.4. The Kier molecular flexibility index (Phi) is 3.69. The molecule has 0 radical (unpaired) electrons. The molecule has 0 spiro atoms. The second-order valence-corrected chi connectivity index (χ2v) is 4.80. The van der Waals surface area contributed by atoms with Crippen molar-refractivity contribution in [3.63, 3.8) is 0 Å². The highest BCUT2D eigenvalue weighted by molar-refractivity contribution is 5.84. The maximum absolute atomic E-state index is 11.0. The topological polar surface area (TPSA) is 55.1 Å². The number of aromatic nitrogens is 2. The maximum atomic E-state index is 11.0. The van der Waals surface area contributed by atoms with E-state index in [4.69, 9.17) is 5.11 Å². The number of carboxylic acid groups (broad SMARTS) is 1. The van der Waals surface area contributed by atoms with Crippen LogP contribution < -0.4 is 0 Å². The molecule has 0 bridgehead atoms. The standard InChI is InChI=1S/C15H18N2O2/c1-4-10(2)11-5-7-12(8-6-11)13-9-17(3)14(16-13)15(18)19/h5-10H,4H2,1-3H3,(H,18,19). The molecule has 0 saturated carbocycles. The summed E-state index contributed by atoms with van der Waals surface area (Å²) in [7, 11) is 1.69. The number of aryl methyl sites for hydroxylation is 1. The van der Waals surface area contributed by atoms with Crippen molar-refractivity contribution in [3.8, 4) is 11.3 Å². The van der Waals surface area contributed by atoms with Crippen molar-refractivity contribution in [2.75, 3.05) is 0 Å². The average molecular weight is 258 g/mol. The number of aromatic carboxylic acids is 1. The molecule has 1 atom stereocenters. The number of imidazole rings is 1. The summed E-state index contributed by atoms with van der Waals surface area (Å²) in [5.74, 6) is -0.418. The quantitative estimate of drug-likeness (QED) is 0.915. The number of nitrogens with zero attached hydrogens (tertiary/aromatic N) is 2. The first-order chi connectivity index (χ1) is 9.02. The highest BCUT2D eigenvalue weighted by Crippen LogP contribution is 2.23. The summed E-state index contributed by atoms with van der Waals surface area (Å²) in [4.78, 5) is 15.1. The minimum Gasteiger partial charge on any atom is -0.475 e. The molecule has 0 fully saturated rings. The van der Waals surface area contributed by atoms with Crippen molar-refractivity contribution in [2.24, 2.45) is 7.05 Å². The van der Waals surface area contributed by atoms with Crippen molar-refractivity contribution in [2.45, 2.75) is 26.2 Å². The lowest BCUT2D eigenvalue weighted by Crippen LogP contribution is -2.04. The summed E-state index contributed by atoms with van der Waals surface area (Å²) in [5.41, 5.74) is 2.92. The SMILES string of the molecule is CCC(C)c1ccc(-c2cn(C)c(C(=O)O)n2)cc1. The molecule has 1 unspecified atom stereocenters. The molecule has 1 N–H and O–H groups in total. The molecule has 100 valence electrons. The summed E-state index contributed by atoms with van der Waals surface area (Å²) >= 11 is 0. The molecule has 4 nitrogen and oxygen atoms in total. The van der Waals surface area contributed by atoms with Crippen LogP contribution in [0.15, 0.2) is 30.5 Å². The third-order valence-corrected chi connectivity index (χ3v) is 3.46. The van der Waals surface area contributed by atoms with Crippen LogP contribution in [0.4, 0.5) is 0 Å². The van der Waals surface area contributed by atoms with Gasteiger partial charge in [0.25, 0.3) is 0 Å². The van der Waals surface area contributed by atoms with E-state index in [9.17, 15) is 4.79 Å². The van der Waals surface area contributed by atoms with E-state index in [-0.39, 0.29) is 5.82 Å². The smallest absolute Gasteiger partial charge is 0.372 e. The van der Waals surface area contributed by atoms with Gasteiger partial charge in [0, 0.05) is 18.8 Å². The minimum absolute atomic E-state index is 0.0565. The van der Waals surface area contributed by atoms with E-state index in [1.165, 1.54) is 10.1 Å². The maximum Gasteiger partial charge on any atom is 0.372 e. The fourth-order valence-electron chi connectivity index (χ4n) is 2.02. The Bertz CT molecular complexity index is 585. The van der Waals surface area contributed by atoms with Gasteiger partial charge in [-0.2, -0.15) is 0 Å². The van der Waals surface area contributed by atoms with E-state index in [2.05, 4.69) is 31.0 Å². The van der Waals surface area contributed by atoms with Gasteiger partial charge in [-0.05, 0) is 17.9 Å². The zero-order chi connectivity index (χ0) is 14.0. The van der Waals surface area contributed by atoms with Crippen molar-refractivity contribution in [1.82, 2.24) is 9.55 Å². The molecule has 0 aliphatic carbocycles. The predicted octanol–water partition coefficient (Wildman–Crippen LogP) is 3.30. The lowest BCUT2D eigenvalue weighted by Gasteiger charge is -2.08. The third-order valence-electron chi connectivity index (χ3n) is 3.46. The number of carboxylic acids is 1. The van der Waals surface area contributed by atoms with Gasteiger partial charge in [0.15, 0.2) is 0 Å². The molecule has 0 aliphatic rings. The highest BCUT2D eigenvalue weighted by atomic mass is 16.4. The summed E-state index contributed by atoms with van der Waals surface area (Å²) in [6.07, 6.45) is 2.84. The van der Waals surface area contributed by atoms with Gasteiger partial charge in [0.1, 0.15) is 0 Å². The van der Waals surface area contributed by atoms with Crippen LogP contribution in [0.5, 0.6) is 0 Å². The van der Waals surface area contributed by atoms with Crippen LogP contribution >= 0.6 is 0 Å².